The molecule has 4 heteroatoms. The van der Waals surface area contributed by atoms with Gasteiger partial charge in [0.25, 0.3) is 0 Å². The first-order chi connectivity index (χ1) is 19.2. The third-order valence-corrected chi connectivity index (χ3v) is 13.7. The minimum absolute atomic E-state index is 0.0912. The largest absolute Gasteiger partial charge is 0.393 e. The van der Waals surface area contributed by atoms with Gasteiger partial charge in [0.15, 0.2) is 0 Å². The van der Waals surface area contributed by atoms with Crippen LogP contribution in [0.15, 0.2) is 0 Å². The maximum Gasteiger partial charge on any atom is 0.0543 e. The van der Waals surface area contributed by atoms with Crippen LogP contribution < -0.4 is 16.4 Å². The lowest BCUT2D eigenvalue weighted by Crippen LogP contribution is -2.61. The fourth-order valence-electron chi connectivity index (χ4n) is 11.2. The second-order valence-corrected chi connectivity index (χ2v) is 16.0. The lowest BCUT2D eigenvalue weighted by atomic mass is 9.43. The summed E-state index contributed by atoms with van der Waals surface area (Å²) in [6, 6.07) is 0.577. The Balaban J connectivity index is 1.41. The van der Waals surface area contributed by atoms with Crippen LogP contribution in [0, 0.1) is 58.2 Å². The van der Waals surface area contributed by atoms with Crippen molar-refractivity contribution in [3.63, 3.8) is 0 Å². The Morgan fingerprint density at radius 2 is 1.55 bits per heavy atom. The summed E-state index contributed by atoms with van der Waals surface area (Å²) in [4.78, 5) is 0. The number of rotatable bonds is 15. The Bertz CT molecular complexity index is 758. The van der Waals surface area contributed by atoms with Crippen LogP contribution >= 0.6 is 0 Å². The van der Waals surface area contributed by atoms with E-state index in [-0.39, 0.29) is 6.10 Å². The molecule has 4 aliphatic rings. The van der Waals surface area contributed by atoms with Gasteiger partial charge in [0.2, 0.25) is 0 Å². The van der Waals surface area contributed by atoms with Crippen molar-refractivity contribution in [3.8, 4) is 0 Å². The molecule has 4 saturated carbocycles. The van der Waals surface area contributed by atoms with Crippen LogP contribution in [0.1, 0.15) is 131 Å². The van der Waals surface area contributed by atoms with E-state index in [4.69, 9.17) is 5.73 Å². The number of fused-ring (bicyclic) bond motifs is 5. The predicted octanol–water partition coefficient (Wildman–Crippen LogP) is 7.39. The first kappa shape index (κ1) is 32.7. The summed E-state index contributed by atoms with van der Waals surface area (Å²) in [6.07, 6.45) is 18.1. The minimum Gasteiger partial charge on any atom is -0.393 e. The molecule has 0 aromatic heterocycles. The number of aliphatic hydroxyl groups is 1. The zero-order valence-electron chi connectivity index (χ0n) is 27.5. The molecule has 0 saturated heterocycles. The number of hydrogen-bond donors (Lipinski definition) is 4. The molecular weight excluding hydrogens is 490 g/mol. The summed E-state index contributed by atoms with van der Waals surface area (Å²) < 4.78 is 0. The molecule has 40 heavy (non-hydrogen) atoms. The first-order valence-corrected chi connectivity index (χ1v) is 18.0. The maximum absolute atomic E-state index is 10.8. The van der Waals surface area contributed by atoms with Gasteiger partial charge in [0, 0.05) is 6.04 Å². The number of nitrogens with one attached hydrogen (secondary N) is 2. The van der Waals surface area contributed by atoms with Crippen molar-refractivity contribution in [2.75, 3.05) is 26.2 Å². The molecular formula is C36H69N3O. The van der Waals surface area contributed by atoms with E-state index >= 15 is 0 Å². The van der Waals surface area contributed by atoms with E-state index in [1.54, 1.807) is 0 Å². The number of unbranched alkanes of at least 4 members (excludes halogenated alkanes) is 1. The molecule has 0 aromatic carbocycles. The van der Waals surface area contributed by atoms with Crippen LogP contribution in [0.3, 0.4) is 0 Å². The molecule has 234 valence electrons. The van der Waals surface area contributed by atoms with Crippen molar-refractivity contribution in [2.24, 2.45) is 63.9 Å². The van der Waals surface area contributed by atoms with Crippen molar-refractivity contribution >= 4 is 0 Å². The van der Waals surface area contributed by atoms with Crippen LogP contribution in [-0.4, -0.2) is 43.4 Å². The molecule has 1 unspecified atom stereocenters. The first-order valence-electron chi connectivity index (χ1n) is 18.0. The SMILES string of the molecule is CCC(CC[C@@H](C)[C@H]1CC[C@H]2[C@@H]3C[C@@H](NCCCNCCCCN)[C@H]4C[C@@H](O)CC[C@]4(C)[C@H]3CC[C@]12C)C(C)C. The quantitative estimate of drug-likeness (QED) is 0.158. The van der Waals surface area contributed by atoms with Crippen molar-refractivity contribution in [1.29, 1.82) is 0 Å². The number of hydrogen-bond acceptors (Lipinski definition) is 4. The summed E-state index contributed by atoms with van der Waals surface area (Å²) in [5, 5.41) is 18.5. The molecule has 0 heterocycles. The van der Waals surface area contributed by atoms with Gasteiger partial charge in [-0.05, 0) is 161 Å². The Morgan fingerprint density at radius 1 is 0.825 bits per heavy atom. The van der Waals surface area contributed by atoms with Gasteiger partial charge in [-0.15, -0.1) is 0 Å². The molecule has 4 fully saturated rings. The lowest BCUT2D eigenvalue weighted by Gasteiger charge is -2.63. The fourth-order valence-corrected chi connectivity index (χ4v) is 11.2. The monoisotopic (exact) mass is 560 g/mol. The Hall–Kier alpha value is -0.160. The Kier molecular flexibility index (Phi) is 11.9. The smallest absolute Gasteiger partial charge is 0.0543 e. The molecule has 4 aliphatic carbocycles. The van der Waals surface area contributed by atoms with Crippen LogP contribution in [-0.2, 0) is 0 Å². The highest BCUT2D eigenvalue weighted by molar-refractivity contribution is 5.12. The second kappa shape index (κ2) is 14.5. The summed E-state index contributed by atoms with van der Waals surface area (Å²) in [5.41, 5.74) is 6.58. The van der Waals surface area contributed by atoms with Crippen molar-refractivity contribution in [3.05, 3.63) is 0 Å². The normalized spacial score (nSPS) is 40.9. The summed E-state index contributed by atoms with van der Waals surface area (Å²) in [7, 11) is 0. The van der Waals surface area contributed by atoms with Gasteiger partial charge >= 0.3 is 0 Å². The third-order valence-electron chi connectivity index (χ3n) is 13.7. The average molecular weight is 560 g/mol. The molecule has 0 bridgehead atoms. The summed E-state index contributed by atoms with van der Waals surface area (Å²) in [6.45, 7) is 19.4. The van der Waals surface area contributed by atoms with E-state index in [9.17, 15) is 5.11 Å². The Morgan fingerprint density at radius 3 is 2.27 bits per heavy atom. The topological polar surface area (TPSA) is 70.3 Å². The summed E-state index contributed by atoms with van der Waals surface area (Å²) >= 11 is 0. The molecule has 4 rings (SSSR count). The highest BCUT2D eigenvalue weighted by Gasteiger charge is 2.62. The van der Waals surface area contributed by atoms with Gasteiger partial charge in [-0.1, -0.05) is 54.4 Å². The van der Waals surface area contributed by atoms with E-state index in [2.05, 4.69) is 52.2 Å². The number of nitrogens with two attached hydrogens (primary N) is 1. The second-order valence-electron chi connectivity index (χ2n) is 16.0. The van der Waals surface area contributed by atoms with Crippen molar-refractivity contribution < 1.29 is 5.11 Å². The third kappa shape index (κ3) is 6.97. The Labute approximate surface area is 249 Å². The molecule has 4 nitrogen and oxygen atoms in total. The molecule has 11 atom stereocenters. The average Bonchev–Trinajstić information content (AvgIpc) is 3.28. The van der Waals surface area contributed by atoms with Crippen LogP contribution in [0.4, 0.5) is 0 Å². The highest BCUT2D eigenvalue weighted by Crippen LogP contribution is 2.68. The summed E-state index contributed by atoms with van der Waals surface area (Å²) in [5.74, 6) is 6.78. The zero-order chi connectivity index (χ0) is 28.9. The minimum atomic E-state index is -0.0912. The van der Waals surface area contributed by atoms with Gasteiger partial charge in [-0.2, -0.15) is 0 Å². The van der Waals surface area contributed by atoms with E-state index in [1.807, 2.05) is 0 Å². The number of aliphatic hydroxyl groups excluding tert-OH is 1. The maximum atomic E-state index is 10.8. The molecule has 0 aromatic rings. The lowest BCUT2D eigenvalue weighted by molar-refractivity contribution is -0.141. The molecule has 0 radical (unpaired) electrons. The van der Waals surface area contributed by atoms with Crippen LogP contribution in [0.5, 0.6) is 0 Å². The van der Waals surface area contributed by atoms with Crippen molar-refractivity contribution in [2.45, 2.75) is 144 Å². The standard InChI is InChI=1S/C36H69N3O/c1-7-27(25(2)3)12-11-26(4)30-13-14-31-29-24-34(39-22-10-21-38-20-9-8-19-37)33-23-28(40)15-17-36(33,6)32(29)16-18-35(30,31)5/h25-34,38-40H,7-24,37H2,1-6H3/t26-,27?,28+,29+,30-,31+,32+,33-,34-,35-,36-/m1/s1. The fraction of sp³-hybridized carbons (Fsp3) is 1.00. The van der Waals surface area contributed by atoms with Gasteiger partial charge in [-0.25, -0.2) is 0 Å². The van der Waals surface area contributed by atoms with Crippen LogP contribution in [0.2, 0.25) is 0 Å². The van der Waals surface area contributed by atoms with Gasteiger partial charge in [-0.3, -0.25) is 0 Å². The highest BCUT2D eigenvalue weighted by atomic mass is 16.3. The molecule has 0 amide bonds. The predicted molar refractivity (Wildman–Crippen MR) is 171 cm³/mol. The molecule has 5 N–H and O–H groups in total. The molecule has 0 spiro atoms. The van der Waals surface area contributed by atoms with Gasteiger partial charge in [0.05, 0.1) is 6.10 Å². The van der Waals surface area contributed by atoms with Crippen LogP contribution in [0.25, 0.3) is 0 Å². The van der Waals surface area contributed by atoms with E-state index in [0.29, 0.717) is 22.8 Å². The molecule has 0 aliphatic heterocycles. The van der Waals surface area contributed by atoms with Gasteiger partial charge < -0.3 is 21.5 Å². The van der Waals surface area contributed by atoms with E-state index in [1.165, 1.54) is 70.6 Å². The van der Waals surface area contributed by atoms with Crippen molar-refractivity contribution in [1.82, 2.24) is 10.6 Å². The van der Waals surface area contributed by atoms with E-state index < -0.39 is 0 Å². The van der Waals surface area contributed by atoms with E-state index in [0.717, 1.165) is 86.9 Å². The zero-order valence-corrected chi connectivity index (χ0v) is 27.5. The van der Waals surface area contributed by atoms with Gasteiger partial charge in [0.1, 0.15) is 0 Å².